The van der Waals surface area contributed by atoms with Crippen LogP contribution >= 0.6 is 36.3 Å². The smallest absolute Gasteiger partial charge is 0.254 e. The van der Waals surface area contributed by atoms with Gasteiger partial charge in [-0.05, 0) is 35.2 Å². The van der Waals surface area contributed by atoms with Gasteiger partial charge in [0, 0.05) is 0 Å². The van der Waals surface area contributed by atoms with Crippen molar-refractivity contribution < 1.29 is 9.53 Å². The molecule has 0 radical (unpaired) electrons. The second-order valence-electron chi connectivity index (χ2n) is 5.67. The third kappa shape index (κ3) is 3.16. The molecule has 2 aliphatic rings. The zero-order valence-corrected chi connectivity index (χ0v) is 15.9. The number of carbonyl (C=O) groups excluding carboxylic acids is 1. The highest BCUT2D eigenvalue weighted by Gasteiger charge is 2.44. The predicted octanol–water partition coefficient (Wildman–Crippen LogP) is 4.33. The predicted molar refractivity (Wildman–Crippen MR) is 107 cm³/mol. The summed E-state index contributed by atoms with van der Waals surface area (Å²) in [5, 5.41) is 0.273. The molecule has 4 rings (SSSR count). The average Bonchev–Trinajstić information content (AvgIpc) is 3.10. The first-order chi connectivity index (χ1) is 12.2. The fourth-order valence-electron chi connectivity index (χ4n) is 2.78. The van der Waals surface area contributed by atoms with Gasteiger partial charge in [-0.25, -0.2) is 4.31 Å². The number of aliphatic imine (C=N–C) groups is 1. The maximum absolute atomic E-state index is 12.8. The van der Waals surface area contributed by atoms with Gasteiger partial charge in [-0.1, -0.05) is 54.2 Å². The first kappa shape index (κ1) is 16.9. The molecule has 7 heteroatoms. The molecule has 4 nitrogen and oxygen atoms in total. The summed E-state index contributed by atoms with van der Waals surface area (Å²) in [6.45, 7) is 0. The minimum absolute atomic E-state index is 0.00918. The standard InChI is InChI=1S/C18H16N2O2S3/c1-22-13-9-7-11(8-10-13)14-15(23)16(21)20-18(19-14)24-17(25-20)12-5-3-2-4-6-12/h2-10,14-15,17,23H,1H3/t14-,15+,17?/m1/s1. The first-order valence-electron chi connectivity index (χ1n) is 7.79. The van der Waals surface area contributed by atoms with Crippen LogP contribution in [0.2, 0.25) is 0 Å². The zero-order valence-electron chi connectivity index (χ0n) is 13.4. The van der Waals surface area contributed by atoms with E-state index in [1.54, 1.807) is 23.2 Å². The lowest BCUT2D eigenvalue weighted by molar-refractivity contribution is -0.123. The third-order valence-corrected chi connectivity index (χ3v) is 7.30. The topological polar surface area (TPSA) is 41.9 Å². The molecule has 2 aliphatic heterocycles. The van der Waals surface area contributed by atoms with Crippen LogP contribution < -0.4 is 4.74 Å². The number of thioether (sulfide) groups is 1. The molecule has 1 unspecified atom stereocenters. The van der Waals surface area contributed by atoms with E-state index in [0.29, 0.717) is 0 Å². The number of thiol groups is 1. The Morgan fingerprint density at radius 1 is 1.08 bits per heavy atom. The molecule has 0 bridgehead atoms. The Morgan fingerprint density at radius 2 is 1.80 bits per heavy atom. The summed E-state index contributed by atoms with van der Waals surface area (Å²) in [5.74, 6) is 0.774. The molecule has 2 aromatic carbocycles. The maximum atomic E-state index is 12.8. The van der Waals surface area contributed by atoms with Crippen LogP contribution in [0.3, 0.4) is 0 Å². The number of nitrogens with zero attached hydrogens (tertiary/aromatic N) is 2. The fourth-order valence-corrected chi connectivity index (χ4v) is 5.83. The van der Waals surface area contributed by atoms with Gasteiger partial charge in [0.1, 0.15) is 15.6 Å². The van der Waals surface area contributed by atoms with Gasteiger partial charge in [-0.2, -0.15) is 12.6 Å². The largest absolute Gasteiger partial charge is 0.497 e. The third-order valence-electron chi connectivity index (χ3n) is 4.12. The second-order valence-corrected chi connectivity index (χ2v) is 8.65. The van der Waals surface area contributed by atoms with Gasteiger partial charge in [0.2, 0.25) is 0 Å². The van der Waals surface area contributed by atoms with E-state index in [0.717, 1.165) is 16.5 Å². The first-order valence-corrected chi connectivity index (χ1v) is 10.0. The number of fused-ring (bicyclic) bond motifs is 1. The summed E-state index contributed by atoms with van der Waals surface area (Å²) in [5.41, 5.74) is 2.15. The number of benzene rings is 2. The molecule has 0 N–H and O–H groups in total. The monoisotopic (exact) mass is 388 g/mol. The molecule has 128 valence electrons. The SMILES string of the molecule is COc1ccc([C@H]2N=C3SC(c4ccccc4)SN3C(=O)[C@H]2S)cc1. The van der Waals surface area contributed by atoms with Gasteiger partial charge >= 0.3 is 0 Å². The van der Waals surface area contributed by atoms with Crippen molar-refractivity contribution in [3.8, 4) is 5.75 Å². The minimum Gasteiger partial charge on any atom is -0.497 e. The molecule has 1 fully saturated rings. The lowest BCUT2D eigenvalue weighted by Gasteiger charge is -2.29. The van der Waals surface area contributed by atoms with Crippen molar-refractivity contribution in [2.45, 2.75) is 15.9 Å². The Morgan fingerprint density at radius 3 is 2.48 bits per heavy atom. The molecule has 2 aromatic rings. The zero-order chi connectivity index (χ0) is 17.4. The summed E-state index contributed by atoms with van der Waals surface area (Å²) in [6, 6.07) is 17.6. The molecule has 0 spiro atoms. The van der Waals surface area contributed by atoms with E-state index in [9.17, 15) is 4.79 Å². The maximum Gasteiger partial charge on any atom is 0.254 e. The van der Waals surface area contributed by atoms with Crippen LogP contribution in [-0.2, 0) is 4.79 Å². The highest BCUT2D eigenvalue weighted by molar-refractivity contribution is 8.28. The minimum atomic E-state index is -0.486. The number of ether oxygens (including phenoxy) is 1. The Balaban J connectivity index is 1.63. The van der Waals surface area contributed by atoms with Crippen LogP contribution in [0.5, 0.6) is 5.75 Å². The summed E-state index contributed by atoms with van der Waals surface area (Å²) >= 11 is 7.69. The highest BCUT2D eigenvalue weighted by atomic mass is 32.2. The van der Waals surface area contributed by atoms with E-state index in [1.165, 1.54) is 17.5 Å². The van der Waals surface area contributed by atoms with Crippen LogP contribution in [0, 0.1) is 0 Å². The number of methoxy groups -OCH3 is 1. The molecule has 0 aromatic heterocycles. The van der Waals surface area contributed by atoms with E-state index in [4.69, 9.17) is 9.73 Å². The molecule has 0 aliphatic carbocycles. The van der Waals surface area contributed by atoms with Crippen molar-refractivity contribution in [1.82, 2.24) is 4.31 Å². The average molecular weight is 389 g/mol. The number of amides is 1. The van der Waals surface area contributed by atoms with Crippen molar-refractivity contribution in [2.75, 3.05) is 7.11 Å². The van der Waals surface area contributed by atoms with Crippen LogP contribution in [-0.4, -0.2) is 27.7 Å². The summed E-state index contributed by atoms with van der Waals surface area (Å²) in [4.78, 5) is 17.6. The normalized spacial score (nSPS) is 25.5. The van der Waals surface area contributed by atoms with Gasteiger partial charge in [0.15, 0.2) is 5.17 Å². The summed E-state index contributed by atoms with van der Waals surface area (Å²) < 4.78 is 7.03. The van der Waals surface area contributed by atoms with Crippen molar-refractivity contribution in [3.05, 3.63) is 65.7 Å². The van der Waals surface area contributed by atoms with Crippen molar-refractivity contribution in [3.63, 3.8) is 0 Å². The number of carbonyl (C=O) groups is 1. The Kier molecular flexibility index (Phi) is 4.71. The van der Waals surface area contributed by atoms with Crippen molar-refractivity contribution >= 4 is 47.4 Å². The summed E-state index contributed by atoms with van der Waals surface area (Å²) in [7, 11) is 1.63. The molecular formula is C18H16N2O2S3. The quantitative estimate of drug-likeness (QED) is 0.628. The van der Waals surface area contributed by atoms with E-state index in [2.05, 4.69) is 24.8 Å². The molecule has 0 saturated carbocycles. The van der Waals surface area contributed by atoms with E-state index in [-0.39, 0.29) is 16.5 Å². The molecule has 3 atom stereocenters. The van der Waals surface area contributed by atoms with Gasteiger partial charge in [0.25, 0.3) is 5.91 Å². The van der Waals surface area contributed by atoms with Crippen LogP contribution in [0.4, 0.5) is 0 Å². The van der Waals surface area contributed by atoms with Gasteiger partial charge < -0.3 is 4.74 Å². The van der Waals surface area contributed by atoms with Crippen LogP contribution in [0.1, 0.15) is 21.8 Å². The number of rotatable bonds is 3. The summed E-state index contributed by atoms with van der Waals surface area (Å²) in [6.07, 6.45) is 0. The van der Waals surface area contributed by atoms with Gasteiger partial charge in [0.05, 0.1) is 13.2 Å². The lowest BCUT2D eigenvalue weighted by atomic mass is 10.0. The molecule has 25 heavy (non-hydrogen) atoms. The van der Waals surface area contributed by atoms with Crippen LogP contribution in [0.15, 0.2) is 59.6 Å². The Bertz CT molecular complexity index is 811. The lowest BCUT2D eigenvalue weighted by Crippen LogP contribution is -2.40. The number of hydrogen-bond donors (Lipinski definition) is 1. The van der Waals surface area contributed by atoms with Crippen LogP contribution in [0.25, 0.3) is 0 Å². The number of amidine groups is 1. The Labute approximate surface area is 160 Å². The van der Waals surface area contributed by atoms with Gasteiger partial charge in [-0.3, -0.25) is 9.79 Å². The van der Waals surface area contributed by atoms with Crippen molar-refractivity contribution in [2.24, 2.45) is 4.99 Å². The van der Waals surface area contributed by atoms with E-state index in [1.807, 2.05) is 42.5 Å². The van der Waals surface area contributed by atoms with Crippen molar-refractivity contribution in [1.29, 1.82) is 0 Å². The molecule has 1 saturated heterocycles. The van der Waals surface area contributed by atoms with E-state index >= 15 is 0 Å². The molecular weight excluding hydrogens is 372 g/mol. The fraction of sp³-hybridized carbons (Fsp3) is 0.222. The molecule has 2 heterocycles. The highest BCUT2D eigenvalue weighted by Crippen LogP contribution is 2.53. The Hall–Kier alpha value is -1.57. The second kappa shape index (κ2) is 6.97. The van der Waals surface area contributed by atoms with E-state index < -0.39 is 5.25 Å². The number of hydrogen-bond acceptors (Lipinski definition) is 6. The molecule has 1 amide bonds. The van der Waals surface area contributed by atoms with Gasteiger partial charge in [-0.15, -0.1) is 0 Å².